The van der Waals surface area contributed by atoms with E-state index in [9.17, 15) is 4.79 Å². The molecule has 0 atom stereocenters. The van der Waals surface area contributed by atoms with Crippen molar-refractivity contribution < 1.29 is 9.21 Å². The van der Waals surface area contributed by atoms with E-state index in [2.05, 4.69) is 5.32 Å². The number of carbonyl (C=O) groups excluding carboxylic acids is 1. The molecular formula is C20H19NO2. The number of hydrogen-bond donors (Lipinski definition) is 1. The van der Waals surface area contributed by atoms with E-state index >= 15 is 0 Å². The minimum Gasteiger partial charge on any atom is -0.456 e. The van der Waals surface area contributed by atoms with E-state index in [1.807, 2.05) is 68.4 Å². The largest absolute Gasteiger partial charge is 0.456 e. The lowest BCUT2D eigenvalue weighted by molar-refractivity contribution is 0.0995. The van der Waals surface area contributed by atoms with Gasteiger partial charge in [-0.1, -0.05) is 36.4 Å². The molecule has 1 N–H and O–H groups in total. The standard InChI is InChI=1S/C20H19NO2/c1-14-8-9-17(12-15(14)2)21-20(22)19-11-10-18(23-19)13-16-6-4-3-5-7-16/h3-12H,13H2,1-2H3,(H,21,22). The van der Waals surface area contributed by atoms with Gasteiger partial charge >= 0.3 is 0 Å². The van der Waals surface area contributed by atoms with Crippen LogP contribution < -0.4 is 5.32 Å². The molecule has 3 nitrogen and oxygen atoms in total. The van der Waals surface area contributed by atoms with E-state index in [0.29, 0.717) is 12.2 Å². The second-order valence-corrected chi connectivity index (χ2v) is 5.68. The highest BCUT2D eigenvalue weighted by molar-refractivity contribution is 6.02. The van der Waals surface area contributed by atoms with Gasteiger partial charge in [-0.15, -0.1) is 0 Å². The third-order valence-corrected chi connectivity index (χ3v) is 3.87. The first-order valence-corrected chi connectivity index (χ1v) is 7.63. The molecule has 23 heavy (non-hydrogen) atoms. The maximum atomic E-state index is 12.3. The molecule has 0 aliphatic heterocycles. The van der Waals surface area contributed by atoms with Crippen molar-refractivity contribution in [3.63, 3.8) is 0 Å². The highest BCUT2D eigenvalue weighted by Gasteiger charge is 2.12. The van der Waals surface area contributed by atoms with Gasteiger partial charge in [-0.05, 0) is 54.8 Å². The molecule has 0 saturated heterocycles. The lowest BCUT2D eigenvalue weighted by Crippen LogP contribution is -2.11. The normalized spacial score (nSPS) is 10.5. The Morgan fingerprint density at radius 2 is 1.74 bits per heavy atom. The summed E-state index contributed by atoms with van der Waals surface area (Å²) >= 11 is 0. The number of furan rings is 1. The molecule has 0 fully saturated rings. The molecule has 0 radical (unpaired) electrons. The molecule has 0 saturated carbocycles. The maximum absolute atomic E-state index is 12.3. The summed E-state index contributed by atoms with van der Waals surface area (Å²) in [5.74, 6) is 0.878. The number of rotatable bonds is 4. The Morgan fingerprint density at radius 3 is 2.48 bits per heavy atom. The predicted octanol–water partition coefficient (Wildman–Crippen LogP) is 4.74. The number of carbonyl (C=O) groups is 1. The second kappa shape index (κ2) is 6.53. The SMILES string of the molecule is Cc1ccc(NC(=O)c2ccc(Cc3ccccc3)o2)cc1C. The van der Waals surface area contributed by atoms with Crippen LogP contribution in [-0.2, 0) is 6.42 Å². The molecular weight excluding hydrogens is 286 g/mol. The van der Waals surface area contributed by atoms with Crippen molar-refractivity contribution in [1.29, 1.82) is 0 Å². The van der Waals surface area contributed by atoms with E-state index in [1.54, 1.807) is 6.07 Å². The van der Waals surface area contributed by atoms with Crippen LogP contribution in [-0.4, -0.2) is 5.91 Å². The lowest BCUT2D eigenvalue weighted by atomic mass is 10.1. The van der Waals surface area contributed by atoms with Crippen molar-refractivity contribution >= 4 is 11.6 Å². The third kappa shape index (κ3) is 3.69. The highest BCUT2D eigenvalue weighted by atomic mass is 16.3. The molecule has 3 heteroatoms. The Hall–Kier alpha value is -2.81. The molecule has 0 aliphatic rings. The van der Waals surface area contributed by atoms with Gasteiger partial charge in [0.05, 0.1) is 0 Å². The van der Waals surface area contributed by atoms with Gasteiger partial charge in [-0.25, -0.2) is 0 Å². The zero-order valence-electron chi connectivity index (χ0n) is 13.3. The molecule has 1 heterocycles. The zero-order chi connectivity index (χ0) is 16.2. The first-order valence-electron chi connectivity index (χ1n) is 7.63. The average molecular weight is 305 g/mol. The van der Waals surface area contributed by atoms with Crippen LogP contribution in [0.1, 0.15) is 33.0 Å². The molecule has 0 spiro atoms. The van der Waals surface area contributed by atoms with Gasteiger partial charge in [0.1, 0.15) is 5.76 Å². The predicted molar refractivity (Wildman–Crippen MR) is 91.8 cm³/mol. The van der Waals surface area contributed by atoms with E-state index < -0.39 is 0 Å². The number of aryl methyl sites for hydroxylation is 2. The summed E-state index contributed by atoms with van der Waals surface area (Å²) in [6, 6.07) is 19.5. The highest BCUT2D eigenvalue weighted by Crippen LogP contribution is 2.17. The summed E-state index contributed by atoms with van der Waals surface area (Å²) in [4.78, 5) is 12.3. The first-order chi connectivity index (χ1) is 11.1. The molecule has 1 aromatic heterocycles. The number of nitrogens with one attached hydrogen (secondary N) is 1. The Balaban J connectivity index is 1.69. The molecule has 3 aromatic rings. The Labute approximate surface area is 136 Å². The van der Waals surface area contributed by atoms with Crippen LogP contribution in [0.2, 0.25) is 0 Å². The minimum atomic E-state index is -0.229. The smallest absolute Gasteiger partial charge is 0.291 e. The van der Waals surface area contributed by atoms with Crippen LogP contribution in [0.3, 0.4) is 0 Å². The second-order valence-electron chi connectivity index (χ2n) is 5.68. The van der Waals surface area contributed by atoms with Crippen molar-refractivity contribution in [3.05, 3.63) is 88.9 Å². The lowest BCUT2D eigenvalue weighted by Gasteiger charge is -2.06. The van der Waals surface area contributed by atoms with Gasteiger partial charge in [0.2, 0.25) is 0 Å². The quantitative estimate of drug-likeness (QED) is 0.756. The molecule has 3 rings (SSSR count). The fourth-order valence-electron chi connectivity index (χ4n) is 2.40. The van der Waals surface area contributed by atoms with Crippen molar-refractivity contribution in [2.45, 2.75) is 20.3 Å². The summed E-state index contributed by atoms with van der Waals surface area (Å²) < 4.78 is 5.66. The van der Waals surface area contributed by atoms with Gasteiger partial charge in [0.25, 0.3) is 5.91 Å². The van der Waals surface area contributed by atoms with Crippen LogP contribution in [0, 0.1) is 13.8 Å². The molecule has 116 valence electrons. The number of amides is 1. The maximum Gasteiger partial charge on any atom is 0.291 e. The monoisotopic (exact) mass is 305 g/mol. The van der Waals surface area contributed by atoms with E-state index in [0.717, 1.165) is 22.6 Å². The molecule has 2 aromatic carbocycles. The van der Waals surface area contributed by atoms with Crippen LogP contribution in [0.4, 0.5) is 5.69 Å². The number of anilines is 1. The van der Waals surface area contributed by atoms with Gasteiger partial charge in [-0.2, -0.15) is 0 Å². The van der Waals surface area contributed by atoms with E-state index in [4.69, 9.17) is 4.42 Å². The summed E-state index contributed by atoms with van der Waals surface area (Å²) in [7, 11) is 0. The van der Waals surface area contributed by atoms with Crippen molar-refractivity contribution in [2.75, 3.05) is 5.32 Å². The summed E-state index contributed by atoms with van der Waals surface area (Å²) in [5.41, 5.74) is 4.28. The summed E-state index contributed by atoms with van der Waals surface area (Å²) in [5, 5.41) is 2.87. The van der Waals surface area contributed by atoms with Gasteiger partial charge < -0.3 is 9.73 Å². The van der Waals surface area contributed by atoms with Crippen molar-refractivity contribution in [3.8, 4) is 0 Å². The van der Waals surface area contributed by atoms with Crippen LogP contribution >= 0.6 is 0 Å². The Bertz CT molecular complexity index is 819. The summed E-state index contributed by atoms with van der Waals surface area (Å²) in [6.07, 6.45) is 0.678. The van der Waals surface area contributed by atoms with Gasteiger partial charge in [0, 0.05) is 12.1 Å². The van der Waals surface area contributed by atoms with E-state index in [1.165, 1.54) is 5.56 Å². The Morgan fingerprint density at radius 1 is 0.957 bits per heavy atom. The molecule has 0 aliphatic carbocycles. The fraction of sp³-hybridized carbons (Fsp3) is 0.150. The van der Waals surface area contributed by atoms with Crippen LogP contribution in [0.15, 0.2) is 65.1 Å². The number of benzene rings is 2. The summed E-state index contributed by atoms with van der Waals surface area (Å²) in [6.45, 7) is 4.07. The fourth-order valence-corrected chi connectivity index (χ4v) is 2.40. The molecule has 1 amide bonds. The van der Waals surface area contributed by atoms with Crippen LogP contribution in [0.5, 0.6) is 0 Å². The Kier molecular flexibility index (Phi) is 4.29. The van der Waals surface area contributed by atoms with E-state index in [-0.39, 0.29) is 5.91 Å². The van der Waals surface area contributed by atoms with Crippen molar-refractivity contribution in [1.82, 2.24) is 0 Å². The number of hydrogen-bond acceptors (Lipinski definition) is 2. The third-order valence-electron chi connectivity index (χ3n) is 3.87. The van der Waals surface area contributed by atoms with Crippen molar-refractivity contribution in [2.24, 2.45) is 0 Å². The van der Waals surface area contributed by atoms with Gasteiger partial charge in [0.15, 0.2) is 5.76 Å². The zero-order valence-corrected chi connectivity index (χ0v) is 13.3. The molecule has 0 bridgehead atoms. The first kappa shape index (κ1) is 15.1. The topological polar surface area (TPSA) is 42.2 Å². The molecule has 0 unspecified atom stereocenters. The minimum absolute atomic E-state index is 0.229. The van der Waals surface area contributed by atoms with Gasteiger partial charge in [-0.3, -0.25) is 4.79 Å². The van der Waals surface area contributed by atoms with Crippen LogP contribution in [0.25, 0.3) is 0 Å². The average Bonchev–Trinajstić information content (AvgIpc) is 3.00.